The van der Waals surface area contributed by atoms with E-state index in [1.165, 1.54) is 13.2 Å². The second kappa shape index (κ2) is 7.13. The zero-order chi connectivity index (χ0) is 19.8. The number of aromatic nitrogens is 2. The summed E-state index contributed by atoms with van der Waals surface area (Å²) < 4.78 is 40.5. The Morgan fingerprint density at radius 3 is 2.67 bits per heavy atom. The second-order valence-corrected chi connectivity index (χ2v) is 6.69. The van der Waals surface area contributed by atoms with Crippen molar-refractivity contribution < 1.29 is 18.0 Å². The van der Waals surface area contributed by atoms with Gasteiger partial charge in [0.2, 0.25) is 0 Å². The quantitative estimate of drug-likeness (QED) is 0.863. The number of nitrogens with zero attached hydrogens (tertiary/aromatic N) is 4. The maximum absolute atomic E-state index is 13.2. The maximum Gasteiger partial charge on any atom is 0.437 e. The molecule has 1 aromatic heterocycles. The van der Waals surface area contributed by atoms with Crippen molar-refractivity contribution in [3.8, 4) is 0 Å². The predicted molar refractivity (Wildman–Crippen MR) is 96.6 cm³/mol. The molecule has 2 heterocycles. The number of rotatable bonds is 2. The van der Waals surface area contributed by atoms with Gasteiger partial charge in [0, 0.05) is 39.1 Å². The van der Waals surface area contributed by atoms with Crippen LogP contribution in [0.4, 0.5) is 29.3 Å². The van der Waals surface area contributed by atoms with E-state index in [2.05, 4.69) is 15.3 Å². The number of urea groups is 1. The molecule has 0 aliphatic carbocycles. The molecule has 1 N–H and O–H groups in total. The average molecular weight is 381 g/mol. The molecule has 27 heavy (non-hydrogen) atoms. The molecule has 2 amide bonds. The van der Waals surface area contributed by atoms with Gasteiger partial charge >= 0.3 is 12.2 Å². The van der Waals surface area contributed by atoms with E-state index in [9.17, 15) is 18.0 Å². The normalized spacial score (nSPS) is 17.5. The van der Waals surface area contributed by atoms with E-state index in [0.29, 0.717) is 19.5 Å². The van der Waals surface area contributed by atoms with Crippen LogP contribution < -0.4 is 10.2 Å². The summed E-state index contributed by atoms with van der Waals surface area (Å²) in [6.07, 6.45) is -2.79. The van der Waals surface area contributed by atoms with Crippen molar-refractivity contribution in [3.63, 3.8) is 0 Å². The van der Waals surface area contributed by atoms with Crippen LogP contribution in [-0.2, 0) is 19.8 Å². The number of hydrogen-bond donors (Lipinski definition) is 1. The molecule has 0 radical (unpaired) electrons. The van der Waals surface area contributed by atoms with Crippen LogP contribution in [0.25, 0.3) is 0 Å². The molecule has 9 heteroatoms. The molecule has 1 aliphatic heterocycles. The Labute approximate surface area is 155 Å². The Hall–Kier alpha value is -2.71. The molecule has 0 bridgehead atoms. The first-order valence-corrected chi connectivity index (χ1v) is 8.68. The summed E-state index contributed by atoms with van der Waals surface area (Å²) in [5, 5.41) is 5.85. The van der Waals surface area contributed by atoms with Crippen molar-refractivity contribution in [1.29, 1.82) is 0 Å². The molecule has 1 atom stereocenters. The number of hydrogen-bond acceptors (Lipinski definition) is 3. The molecule has 1 unspecified atom stereocenters. The highest BCUT2D eigenvalue weighted by atomic mass is 19.4. The number of amides is 2. The van der Waals surface area contributed by atoms with E-state index < -0.39 is 17.9 Å². The van der Waals surface area contributed by atoms with E-state index in [-0.39, 0.29) is 11.7 Å². The minimum absolute atomic E-state index is 0.131. The average Bonchev–Trinajstić information content (AvgIpc) is 2.91. The van der Waals surface area contributed by atoms with Gasteiger partial charge in [0.1, 0.15) is 0 Å². The Balaban J connectivity index is 1.89. The summed E-state index contributed by atoms with van der Waals surface area (Å²) in [6.45, 7) is 2.88. The number of anilines is 2. The monoisotopic (exact) mass is 381 g/mol. The highest BCUT2D eigenvalue weighted by molar-refractivity contribution is 5.90. The molecule has 0 spiro atoms. The lowest BCUT2D eigenvalue weighted by atomic mass is 10.1. The second-order valence-electron chi connectivity index (χ2n) is 6.69. The lowest BCUT2D eigenvalue weighted by Crippen LogP contribution is -2.45. The summed E-state index contributed by atoms with van der Waals surface area (Å²) in [7, 11) is 3.34. The van der Waals surface area contributed by atoms with Gasteiger partial charge in [-0.3, -0.25) is 4.68 Å². The van der Waals surface area contributed by atoms with Crippen LogP contribution in [0.1, 0.15) is 24.6 Å². The Morgan fingerprint density at radius 2 is 2.00 bits per heavy atom. The van der Waals surface area contributed by atoms with Gasteiger partial charge in [-0.2, -0.15) is 18.3 Å². The lowest BCUT2D eigenvalue weighted by molar-refractivity contribution is -0.140. The van der Waals surface area contributed by atoms with Gasteiger partial charge in [0.15, 0.2) is 5.69 Å². The van der Waals surface area contributed by atoms with Crippen molar-refractivity contribution in [3.05, 3.63) is 41.7 Å². The third-order valence-electron chi connectivity index (χ3n) is 4.74. The fourth-order valence-electron chi connectivity index (χ4n) is 3.41. The highest BCUT2D eigenvalue weighted by Gasteiger charge is 2.38. The van der Waals surface area contributed by atoms with Crippen LogP contribution in [0, 0.1) is 0 Å². The minimum Gasteiger partial charge on any atom is -0.372 e. The van der Waals surface area contributed by atoms with Crippen LogP contribution in [-0.4, -0.2) is 40.3 Å². The van der Waals surface area contributed by atoms with E-state index >= 15 is 0 Å². The molecule has 0 saturated heterocycles. The van der Waals surface area contributed by atoms with Crippen molar-refractivity contribution in [2.24, 2.45) is 7.05 Å². The SMILES string of the molecule is CCC1CN(C)c2ccccc2CN1C(=O)Nc1cn(C)nc1C(F)(F)F. The summed E-state index contributed by atoms with van der Waals surface area (Å²) in [5.41, 5.74) is 0.534. The molecule has 6 nitrogen and oxygen atoms in total. The Bertz CT molecular complexity index is 833. The van der Waals surface area contributed by atoms with Crippen molar-refractivity contribution >= 4 is 17.4 Å². The number of para-hydroxylation sites is 1. The standard InChI is InChI=1S/C18H22F3N5O/c1-4-13-10-24(2)15-8-6-5-7-12(15)9-26(13)17(27)22-14-11-25(3)23-16(14)18(19,20)21/h5-8,11,13H,4,9-10H2,1-3H3,(H,22,27). The third-order valence-corrected chi connectivity index (χ3v) is 4.74. The topological polar surface area (TPSA) is 53.4 Å². The number of alkyl halides is 3. The van der Waals surface area contributed by atoms with E-state index in [1.807, 2.05) is 38.2 Å². The third kappa shape index (κ3) is 3.86. The largest absolute Gasteiger partial charge is 0.437 e. The van der Waals surface area contributed by atoms with Gasteiger partial charge in [-0.25, -0.2) is 4.79 Å². The summed E-state index contributed by atoms with van der Waals surface area (Å²) in [4.78, 5) is 16.6. The van der Waals surface area contributed by atoms with Gasteiger partial charge in [-0.1, -0.05) is 25.1 Å². The minimum atomic E-state index is -4.64. The molecular formula is C18H22F3N5O. The zero-order valence-electron chi connectivity index (χ0n) is 15.4. The van der Waals surface area contributed by atoms with Crippen molar-refractivity contribution in [1.82, 2.24) is 14.7 Å². The Morgan fingerprint density at radius 1 is 1.30 bits per heavy atom. The molecular weight excluding hydrogens is 359 g/mol. The van der Waals surface area contributed by atoms with Crippen molar-refractivity contribution in [2.45, 2.75) is 32.1 Å². The number of carbonyl (C=O) groups excluding carboxylic acids is 1. The predicted octanol–water partition coefficient (Wildman–Crippen LogP) is 3.70. The number of carbonyl (C=O) groups is 1. The smallest absolute Gasteiger partial charge is 0.372 e. The maximum atomic E-state index is 13.2. The van der Waals surface area contributed by atoms with Crippen LogP contribution in [0.15, 0.2) is 30.5 Å². The molecule has 1 aliphatic rings. The summed E-state index contributed by atoms with van der Waals surface area (Å²) in [6, 6.07) is 7.02. The van der Waals surface area contributed by atoms with Crippen LogP contribution in [0.5, 0.6) is 0 Å². The highest BCUT2D eigenvalue weighted by Crippen LogP contribution is 2.34. The number of aryl methyl sites for hydroxylation is 1. The van der Waals surface area contributed by atoms with Gasteiger partial charge in [0.25, 0.3) is 0 Å². The van der Waals surface area contributed by atoms with Gasteiger partial charge in [-0.15, -0.1) is 0 Å². The van der Waals surface area contributed by atoms with Gasteiger partial charge in [0.05, 0.1) is 11.7 Å². The number of halogens is 3. The number of fused-ring (bicyclic) bond motifs is 1. The van der Waals surface area contributed by atoms with Crippen LogP contribution in [0.3, 0.4) is 0 Å². The van der Waals surface area contributed by atoms with Crippen LogP contribution >= 0.6 is 0 Å². The molecule has 1 aromatic carbocycles. The van der Waals surface area contributed by atoms with Crippen molar-refractivity contribution in [2.75, 3.05) is 23.8 Å². The molecule has 2 aromatic rings. The first kappa shape index (κ1) is 19.1. The number of nitrogens with one attached hydrogen (secondary N) is 1. The van der Waals surface area contributed by atoms with E-state index in [1.54, 1.807) is 4.90 Å². The van der Waals surface area contributed by atoms with Gasteiger partial charge < -0.3 is 15.1 Å². The lowest BCUT2D eigenvalue weighted by Gasteiger charge is -2.30. The fourth-order valence-corrected chi connectivity index (χ4v) is 3.41. The van der Waals surface area contributed by atoms with Gasteiger partial charge in [-0.05, 0) is 18.1 Å². The molecule has 0 fully saturated rings. The van der Waals surface area contributed by atoms with E-state index in [4.69, 9.17) is 0 Å². The number of benzene rings is 1. The summed E-state index contributed by atoms with van der Waals surface area (Å²) >= 11 is 0. The van der Waals surface area contributed by atoms with E-state index in [0.717, 1.165) is 15.9 Å². The molecule has 146 valence electrons. The van der Waals surface area contributed by atoms with Crippen LogP contribution in [0.2, 0.25) is 0 Å². The Kier molecular flexibility index (Phi) is 5.03. The molecule has 3 rings (SSSR count). The molecule has 0 saturated carbocycles. The first-order chi connectivity index (χ1) is 12.7. The number of likely N-dealkylation sites (N-methyl/N-ethyl adjacent to an activating group) is 1. The first-order valence-electron chi connectivity index (χ1n) is 8.68. The fraction of sp³-hybridized carbons (Fsp3) is 0.444. The zero-order valence-corrected chi connectivity index (χ0v) is 15.4. The summed E-state index contributed by atoms with van der Waals surface area (Å²) in [5.74, 6) is 0.